The zero-order chi connectivity index (χ0) is 8.81. The Morgan fingerprint density at radius 1 is 1.08 bits per heavy atom. The molecule has 1 aromatic rings. The number of aliphatic hydroxyl groups is 2. The van der Waals surface area contributed by atoms with E-state index >= 15 is 0 Å². The normalized spacial score (nSPS) is 10.8. The van der Waals surface area contributed by atoms with Gasteiger partial charge in [-0.1, -0.05) is 36.4 Å². The minimum atomic E-state index is 0.0573. The summed E-state index contributed by atoms with van der Waals surface area (Å²) < 4.78 is 0. The van der Waals surface area contributed by atoms with Gasteiger partial charge >= 0.3 is 0 Å². The smallest absolute Gasteiger partial charge is 0.0681 e. The lowest BCUT2D eigenvalue weighted by atomic mass is 10.1. The number of aliphatic hydroxyl groups excluding tert-OH is 2. The first kappa shape index (κ1) is 8.97. The van der Waals surface area contributed by atoms with Crippen LogP contribution in [0.1, 0.15) is 11.1 Å². The Bertz CT molecular complexity index is 249. The van der Waals surface area contributed by atoms with Crippen molar-refractivity contribution in [3.63, 3.8) is 0 Å². The molecule has 0 saturated heterocycles. The zero-order valence-electron chi connectivity index (χ0n) is 6.77. The molecule has 0 aliphatic heterocycles. The number of rotatable bonds is 3. The molecule has 0 atom stereocenters. The molecule has 2 heteroatoms. The molecule has 0 aliphatic carbocycles. The van der Waals surface area contributed by atoms with E-state index in [1.54, 1.807) is 6.08 Å². The van der Waals surface area contributed by atoms with Crippen molar-refractivity contribution in [1.29, 1.82) is 0 Å². The van der Waals surface area contributed by atoms with Gasteiger partial charge in [0.2, 0.25) is 0 Å². The fourth-order valence-corrected chi connectivity index (χ4v) is 0.923. The predicted molar refractivity (Wildman–Crippen MR) is 48.5 cm³/mol. The highest BCUT2D eigenvalue weighted by molar-refractivity contribution is 5.49. The Morgan fingerprint density at radius 2 is 1.75 bits per heavy atom. The van der Waals surface area contributed by atoms with Crippen LogP contribution in [0.5, 0.6) is 0 Å². The molecule has 1 aromatic carbocycles. The van der Waals surface area contributed by atoms with E-state index in [2.05, 4.69) is 0 Å². The SMILES string of the molecule is OCC=Cc1ccc(CO)cc1. The maximum Gasteiger partial charge on any atom is 0.0681 e. The summed E-state index contributed by atoms with van der Waals surface area (Å²) in [4.78, 5) is 0. The van der Waals surface area contributed by atoms with Crippen molar-refractivity contribution in [2.24, 2.45) is 0 Å². The molecule has 1 rings (SSSR count). The summed E-state index contributed by atoms with van der Waals surface area (Å²) in [5, 5.41) is 17.2. The van der Waals surface area contributed by atoms with Crippen molar-refractivity contribution >= 4 is 6.08 Å². The molecule has 0 radical (unpaired) electrons. The van der Waals surface area contributed by atoms with E-state index in [9.17, 15) is 0 Å². The van der Waals surface area contributed by atoms with E-state index in [1.807, 2.05) is 30.3 Å². The predicted octanol–water partition coefficient (Wildman–Crippen LogP) is 1.18. The van der Waals surface area contributed by atoms with E-state index in [0.717, 1.165) is 11.1 Å². The minimum Gasteiger partial charge on any atom is -0.392 e. The van der Waals surface area contributed by atoms with Crippen LogP contribution >= 0.6 is 0 Å². The van der Waals surface area contributed by atoms with Gasteiger partial charge in [0.15, 0.2) is 0 Å². The van der Waals surface area contributed by atoms with Gasteiger partial charge in [0, 0.05) is 0 Å². The lowest BCUT2D eigenvalue weighted by molar-refractivity contribution is 0.282. The molecule has 12 heavy (non-hydrogen) atoms. The van der Waals surface area contributed by atoms with Crippen LogP contribution < -0.4 is 0 Å². The van der Waals surface area contributed by atoms with E-state index in [4.69, 9.17) is 10.2 Å². The van der Waals surface area contributed by atoms with Crippen molar-refractivity contribution in [3.8, 4) is 0 Å². The van der Waals surface area contributed by atoms with Gasteiger partial charge in [-0.3, -0.25) is 0 Å². The first-order chi connectivity index (χ1) is 5.86. The Balaban J connectivity index is 2.71. The highest BCUT2D eigenvalue weighted by Crippen LogP contribution is 2.05. The highest BCUT2D eigenvalue weighted by Gasteiger charge is 1.88. The van der Waals surface area contributed by atoms with E-state index in [-0.39, 0.29) is 13.2 Å². The van der Waals surface area contributed by atoms with Gasteiger partial charge in [-0.25, -0.2) is 0 Å². The van der Waals surface area contributed by atoms with Crippen LogP contribution in [0.25, 0.3) is 6.08 Å². The van der Waals surface area contributed by atoms with Gasteiger partial charge < -0.3 is 10.2 Å². The third kappa shape index (κ3) is 2.49. The lowest BCUT2D eigenvalue weighted by Gasteiger charge is -1.95. The summed E-state index contributed by atoms with van der Waals surface area (Å²) in [7, 11) is 0. The van der Waals surface area contributed by atoms with Crippen LogP contribution in [-0.4, -0.2) is 16.8 Å². The molecule has 0 spiro atoms. The van der Waals surface area contributed by atoms with E-state index < -0.39 is 0 Å². The summed E-state index contributed by atoms with van der Waals surface area (Å²) in [6.07, 6.45) is 3.51. The standard InChI is InChI=1S/C10H12O2/c11-7-1-2-9-3-5-10(8-12)6-4-9/h1-6,11-12H,7-8H2. The monoisotopic (exact) mass is 164 g/mol. The second-order valence-corrected chi connectivity index (χ2v) is 2.48. The molecule has 64 valence electrons. The summed E-state index contributed by atoms with van der Waals surface area (Å²) in [6, 6.07) is 7.52. The molecular formula is C10H12O2. The number of benzene rings is 1. The molecule has 0 aliphatic rings. The third-order valence-electron chi connectivity index (χ3n) is 1.58. The topological polar surface area (TPSA) is 40.5 Å². The van der Waals surface area contributed by atoms with Crippen molar-refractivity contribution in [3.05, 3.63) is 41.5 Å². The molecule has 0 saturated carbocycles. The molecule has 0 unspecified atom stereocenters. The second-order valence-electron chi connectivity index (χ2n) is 2.48. The van der Waals surface area contributed by atoms with Crippen molar-refractivity contribution in [2.45, 2.75) is 6.61 Å². The van der Waals surface area contributed by atoms with Crippen LogP contribution in [0, 0.1) is 0 Å². The number of hydrogen-bond acceptors (Lipinski definition) is 2. The summed E-state index contributed by atoms with van der Waals surface area (Å²) in [5.41, 5.74) is 1.93. The fraction of sp³-hybridized carbons (Fsp3) is 0.200. The summed E-state index contributed by atoms with van der Waals surface area (Å²) >= 11 is 0. The second kappa shape index (κ2) is 4.70. The molecule has 0 amide bonds. The average Bonchev–Trinajstić information content (AvgIpc) is 2.15. The molecule has 2 nitrogen and oxygen atoms in total. The highest BCUT2D eigenvalue weighted by atomic mass is 16.3. The molecule has 2 N–H and O–H groups in total. The van der Waals surface area contributed by atoms with Gasteiger partial charge in [-0.15, -0.1) is 0 Å². The quantitative estimate of drug-likeness (QED) is 0.704. The van der Waals surface area contributed by atoms with Crippen molar-refractivity contribution < 1.29 is 10.2 Å². The molecule has 0 bridgehead atoms. The lowest BCUT2D eigenvalue weighted by Crippen LogP contribution is -1.81. The Hall–Kier alpha value is -1.12. The Morgan fingerprint density at radius 3 is 2.25 bits per heavy atom. The summed E-state index contributed by atoms with van der Waals surface area (Å²) in [6.45, 7) is 0.131. The van der Waals surface area contributed by atoms with Crippen LogP contribution in [0.15, 0.2) is 30.3 Å². The van der Waals surface area contributed by atoms with Crippen LogP contribution in [-0.2, 0) is 6.61 Å². The average molecular weight is 164 g/mol. The molecular weight excluding hydrogens is 152 g/mol. The third-order valence-corrected chi connectivity index (χ3v) is 1.58. The molecule has 0 fully saturated rings. The first-order valence-electron chi connectivity index (χ1n) is 3.84. The Labute approximate surface area is 71.8 Å². The van der Waals surface area contributed by atoms with E-state index in [0.29, 0.717) is 0 Å². The fourth-order valence-electron chi connectivity index (χ4n) is 0.923. The minimum absolute atomic E-state index is 0.0573. The largest absolute Gasteiger partial charge is 0.392 e. The number of hydrogen-bond donors (Lipinski definition) is 2. The van der Waals surface area contributed by atoms with Gasteiger partial charge in [0.1, 0.15) is 0 Å². The van der Waals surface area contributed by atoms with Crippen molar-refractivity contribution in [2.75, 3.05) is 6.61 Å². The van der Waals surface area contributed by atoms with Gasteiger partial charge in [-0.05, 0) is 11.1 Å². The van der Waals surface area contributed by atoms with Gasteiger partial charge in [0.05, 0.1) is 13.2 Å². The Kier molecular flexibility index (Phi) is 3.51. The maximum absolute atomic E-state index is 8.75. The molecule has 0 heterocycles. The maximum atomic E-state index is 8.75. The van der Waals surface area contributed by atoms with Gasteiger partial charge in [-0.2, -0.15) is 0 Å². The zero-order valence-corrected chi connectivity index (χ0v) is 6.77. The van der Waals surface area contributed by atoms with E-state index in [1.165, 1.54) is 0 Å². The molecule has 0 aromatic heterocycles. The van der Waals surface area contributed by atoms with Gasteiger partial charge in [0.25, 0.3) is 0 Å². The van der Waals surface area contributed by atoms with Crippen LogP contribution in [0.3, 0.4) is 0 Å². The summed E-state index contributed by atoms with van der Waals surface area (Å²) in [5.74, 6) is 0. The first-order valence-corrected chi connectivity index (χ1v) is 3.84. The van der Waals surface area contributed by atoms with Crippen LogP contribution in [0.2, 0.25) is 0 Å². The van der Waals surface area contributed by atoms with Crippen LogP contribution in [0.4, 0.5) is 0 Å². The van der Waals surface area contributed by atoms with Crippen molar-refractivity contribution in [1.82, 2.24) is 0 Å².